The summed E-state index contributed by atoms with van der Waals surface area (Å²) in [6.45, 7) is 5.13. The van der Waals surface area contributed by atoms with Crippen LogP contribution in [0.3, 0.4) is 0 Å². The Morgan fingerprint density at radius 1 is 1.09 bits per heavy atom. The summed E-state index contributed by atoms with van der Waals surface area (Å²) in [5, 5.41) is 0. The minimum atomic E-state index is -1.19. The minimum absolute atomic E-state index is 0.643. The van der Waals surface area contributed by atoms with Gasteiger partial charge in [-0.2, -0.15) is 0 Å². The molecule has 1 saturated heterocycles. The Kier molecular flexibility index (Phi) is 4.73. The number of ether oxygens (including phenoxy) is 3. The van der Waals surface area contributed by atoms with Gasteiger partial charge in [0, 0.05) is 0 Å². The van der Waals surface area contributed by atoms with E-state index in [2.05, 4.69) is 0 Å². The highest BCUT2D eigenvalue weighted by Gasteiger charge is 2.54. The van der Waals surface area contributed by atoms with Crippen molar-refractivity contribution in [1.82, 2.24) is 0 Å². The van der Waals surface area contributed by atoms with Crippen molar-refractivity contribution in [1.29, 1.82) is 0 Å². The van der Waals surface area contributed by atoms with E-state index in [-0.39, 0.29) is 0 Å². The summed E-state index contributed by atoms with van der Waals surface area (Å²) >= 11 is 0. The van der Waals surface area contributed by atoms with Crippen LogP contribution in [0, 0.1) is 5.92 Å². The van der Waals surface area contributed by atoms with Crippen LogP contribution in [0.2, 0.25) is 0 Å². The van der Waals surface area contributed by atoms with E-state index < -0.39 is 41.4 Å². The predicted molar refractivity (Wildman–Crippen MR) is 80.4 cm³/mol. The summed E-state index contributed by atoms with van der Waals surface area (Å²) < 4.78 is 15.1. The van der Waals surface area contributed by atoms with Crippen LogP contribution >= 0.6 is 0 Å². The zero-order chi connectivity index (χ0) is 17.2. The van der Waals surface area contributed by atoms with Gasteiger partial charge in [0.05, 0.1) is 13.0 Å². The van der Waals surface area contributed by atoms with Gasteiger partial charge in [0.1, 0.15) is 5.60 Å². The molecule has 1 aliphatic heterocycles. The second kappa shape index (κ2) is 6.40. The van der Waals surface area contributed by atoms with Gasteiger partial charge in [0.25, 0.3) is 0 Å². The summed E-state index contributed by atoms with van der Waals surface area (Å²) in [6.07, 6.45) is -1.16. The molecule has 124 valence electrons. The molecule has 0 N–H and O–H groups in total. The Balaban J connectivity index is 2.40. The third kappa shape index (κ3) is 3.70. The van der Waals surface area contributed by atoms with Crippen LogP contribution in [0.15, 0.2) is 30.3 Å². The van der Waals surface area contributed by atoms with Crippen molar-refractivity contribution in [2.24, 2.45) is 5.92 Å². The van der Waals surface area contributed by atoms with Crippen LogP contribution in [0.5, 0.6) is 0 Å². The van der Waals surface area contributed by atoms with Gasteiger partial charge in [-0.25, -0.2) is 4.79 Å². The predicted octanol–water partition coefficient (Wildman–Crippen LogP) is 1.83. The first kappa shape index (κ1) is 17.0. The van der Waals surface area contributed by atoms with Gasteiger partial charge in [-0.05, 0) is 26.3 Å². The fourth-order valence-electron chi connectivity index (χ4n) is 2.55. The molecule has 0 saturated carbocycles. The highest BCUT2D eigenvalue weighted by molar-refractivity contribution is 6.00. The molecular formula is C17H20O6. The highest BCUT2D eigenvalue weighted by atomic mass is 16.6. The smallest absolute Gasteiger partial charge is 0.347 e. The number of esters is 3. The number of rotatable bonds is 3. The zero-order valence-electron chi connectivity index (χ0n) is 13.6. The first-order chi connectivity index (χ1) is 10.7. The average Bonchev–Trinajstić information content (AvgIpc) is 2.83. The SMILES string of the molecule is COC(=O)[C@@H]1OC(=O)[C@H](C(=O)OC(C)(C)C)[C@H]1c1ccccc1. The van der Waals surface area contributed by atoms with Crippen molar-refractivity contribution in [3.63, 3.8) is 0 Å². The number of cyclic esters (lactones) is 1. The lowest BCUT2D eigenvalue weighted by molar-refractivity contribution is -0.166. The van der Waals surface area contributed by atoms with Crippen LogP contribution < -0.4 is 0 Å². The molecule has 1 aromatic rings. The van der Waals surface area contributed by atoms with Gasteiger partial charge in [-0.15, -0.1) is 0 Å². The largest absolute Gasteiger partial charge is 0.466 e. The molecule has 0 spiro atoms. The van der Waals surface area contributed by atoms with E-state index in [0.29, 0.717) is 5.56 Å². The zero-order valence-corrected chi connectivity index (χ0v) is 13.6. The van der Waals surface area contributed by atoms with E-state index in [0.717, 1.165) is 0 Å². The van der Waals surface area contributed by atoms with Crippen LogP contribution in [0.25, 0.3) is 0 Å². The van der Waals surface area contributed by atoms with Gasteiger partial charge in [0.15, 0.2) is 5.92 Å². The molecule has 1 aliphatic rings. The third-order valence-corrected chi connectivity index (χ3v) is 3.46. The van der Waals surface area contributed by atoms with Crippen molar-refractivity contribution in [3.05, 3.63) is 35.9 Å². The first-order valence-electron chi connectivity index (χ1n) is 7.30. The summed E-state index contributed by atoms with van der Waals surface area (Å²) in [5.41, 5.74) is -0.105. The van der Waals surface area contributed by atoms with E-state index in [1.54, 1.807) is 51.1 Å². The molecule has 6 heteroatoms. The second-order valence-electron chi connectivity index (χ2n) is 6.33. The maximum atomic E-state index is 12.4. The number of hydrogen-bond acceptors (Lipinski definition) is 6. The first-order valence-corrected chi connectivity index (χ1v) is 7.30. The quantitative estimate of drug-likeness (QED) is 0.480. The molecule has 6 nitrogen and oxygen atoms in total. The molecule has 0 unspecified atom stereocenters. The lowest BCUT2D eigenvalue weighted by Gasteiger charge is -2.24. The minimum Gasteiger partial charge on any atom is -0.466 e. The van der Waals surface area contributed by atoms with Crippen molar-refractivity contribution in [3.8, 4) is 0 Å². The van der Waals surface area contributed by atoms with Crippen molar-refractivity contribution in [2.45, 2.75) is 38.4 Å². The summed E-state index contributed by atoms with van der Waals surface area (Å²) in [6, 6.07) is 8.80. The van der Waals surface area contributed by atoms with E-state index in [1.165, 1.54) is 7.11 Å². The van der Waals surface area contributed by atoms with E-state index in [1.807, 2.05) is 0 Å². The van der Waals surface area contributed by atoms with Gasteiger partial charge in [0.2, 0.25) is 6.10 Å². The Hall–Kier alpha value is -2.37. The Bertz CT molecular complexity index is 601. The molecule has 0 aromatic heterocycles. The standard InChI is InChI=1S/C17H20O6/c1-17(2,3)23-15(19)12-11(10-8-6-5-7-9-10)13(16(20)21-4)22-14(12)18/h5-9,11-13H,1-4H3/t11-,12-,13-/m1/s1. The maximum absolute atomic E-state index is 12.4. The van der Waals surface area contributed by atoms with Crippen molar-refractivity contribution < 1.29 is 28.6 Å². The van der Waals surface area contributed by atoms with E-state index in [9.17, 15) is 14.4 Å². The fourth-order valence-corrected chi connectivity index (χ4v) is 2.55. The molecular weight excluding hydrogens is 300 g/mol. The lowest BCUT2D eigenvalue weighted by atomic mass is 9.84. The van der Waals surface area contributed by atoms with Gasteiger partial charge in [-0.1, -0.05) is 30.3 Å². The fraction of sp³-hybridized carbons (Fsp3) is 0.471. The van der Waals surface area contributed by atoms with Crippen LogP contribution in [-0.4, -0.2) is 36.7 Å². The van der Waals surface area contributed by atoms with Gasteiger partial charge < -0.3 is 14.2 Å². The van der Waals surface area contributed by atoms with Crippen LogP contribution in [0.4, 0.5) is 0 Å². The topological polar surface area (TPSA) is 78.9 Å². The average molecular weight is 320 g/mol. The molecule has 1 aromatic carbocycles. The Morgan fingerprint density at radius 3 is 2.22 bits per heavy atom. The van der Waals surface area contributed by atoms with Crippen molar-refractivity contribution in [2.75, 3.05) is 7.11 Å². The number of carbonyl (C=O) groups is 3. The Labute approximate surface area is 134 Å². The van der Waals surface area contributed by atoms with Gasteiger partial charge in [-0.3, -0.25) is 9.59 Å². The summed E-state index contributed by atoms with van der Waals surface area (Å²) in [4.78, 5) is 36.6. The molecule has 0 amide bonds. The molecule has 0 aliphatic carbocycles. The van der Waals surface area contributed by atoms with Gasteiger partial charge >= 0.3 is 17.9 Å². The summed E-state index contributed by atoms with van der Waals surface area (Å²) in [5.74, 6) is -4.14. The molecule has 23 heavy (non-hydrogen) atoms. The normalized spacial score (nSPS) is 24.0. The number of methoxy groups -OCH3 is 1. The third-order valence-electron chi connectivity index (χ3n) is 3.46. The number of benzene rings is 1. The second-order valence-corrected chi connectivity index (χ2v) is 6.33. The van der Waals surface area contributed by atoms with Crippen molar-refractivity contribution >= 4 is 17.9 Å². The molecule has 0 radical (unpaired) electrons. The molecule has 2 rings (SSSR count). The van der Waals surface area contributed by atoms with Crippen LogP contribution in [-0.2, 0) is 28.6 Å². The van der Waals surface area contributed by atoms with E-state index >= 15 is 0 Å². The molecule has 1 heterocycles. The molecule has 0 bridgehead atoms. The number of carbonyl (C=O) groups excluding carboxylic acids is 3. The Morgan fingerprint density at radius 2 is 1.70 bits per heavy atom. The molecule has 1 fully saturated rings. The lowest BCUT2D eigenvalue weighted by Crippen LogP contribution is -2.35. The monoisotopic (exact) mass is 320 g/mol. The van der Waals surface area contributed by atoms with Crippen LogP contribution in [0.1, 0.15) is 32.3 Å². The van der Waals surface area contributed by atoms with E-state index in [4.69, 9.17) is 14.2 Å². The molecule has 3 atom stereocenters. The summed E-state index contributed by atoms with van der Waals surface area (Å²) in [7, 11) is 1.21. The number of hydrogen-bond donors (Lipinski definition) is 0. The highest BCUT2D eigenvalue weighted by Crippen LogP contribution is 2.39. The maximum Gasteiger partial charge on any atom is 0.347 e.